The molecule has 0 bridgehead atoms. The molecule has 0 unspecified atom stereocenters. The highest BCUT2D eigenvalue weighted by Crippen LogP contribution is 2.18. The number of fused-ring (bicyclic) bond motifs is 1. The Labute approximate surface area is 114 Å². The first-order valence-electron chi connectivity index (χ1n) is 5.81. The van der Waals surface area contributed by atoms with Gasteiger partial charge in [0.2, 0.25) is 0 Å². The van der Waals surface area contributed by atoms with E-state index >= 15 is 0 Å². The number of aryl methyl sites for hydroxylation is 1. The summed E-state index contributed by atoms with van der Waals surface area (Å²) in [6, 6.07) is 6.74. The number of nitrogens with zero attached hydrogens (tertiary/aromatic N) is 3. The lowest BCUT2D eigenvalue weighted by molar-refractivity contribution is 0.637. The fraction of sp³-hybridized carbons (Fsp3) is 0.154. The van der Waals surface area contributed by atoms with Crippen LogP contribution in [-0.2, 0) is 6.54 Å². The summed E-state index contributed by atoms with van der Waals surface area (Å²) < 4.78 is 16.0. The summed E-state index contributed by atoms with van der Waals surface area (Å²) in [5.74, 6) is 0.399. The lowest BCUT2D eigenvalue weighted by Crippen LogP contribution is -2.03. The summed E-state index contributed by atoms with van der Waals surface area (Å²) >= 11 is 5.24. The number of hydrogen-bond acceptors (Lipinski definition) is 3. The minimum atomic E-state index is -0.304. The van der Waals surface area contributed by atoms with Gasteiger partial charge in [0.15, 0.2) is 4.77 Å². The molecule has 0 saturated carbocycles. The van der Waals surface area contributed by atoms with Crippen LogP contribution in [0.25, 0.3) is 11.0 Å². The number of imidazole rings is 1. The maximum absolute atomic E-state index is 13.7. The van der Waals surface area contributed by atoms with Crippen LogP contribution in [0.5, 0.6) is 0 Å². The number of nitrogens with one attached hydrogen (secondary N) is 1. The molecule has 2 heterocycles. The van der Waals surface area contributed by atoms with E-state index in [1.165, 1.54) is 6.07 Å². The van der Waals surface area contributed by atoms with Crippen LogP contribution >= 0.6 is 12.2 Å². The zero-order chi connectivity index (χ0) is 13.4. The van der Waals surface area contributed by atoms with E-state index in [4.69, 9.17) is 12.2 Å². The summed E-state index contributed by atoms with van der Waals surface area (Å²) in [5.41, 5.74) is 2.01. The molecule has 0 aliphatic rings. The normalized spacial score (nSPS) is 11.1. The van der Waals surface area contributed by atoms with Gasteiger partial charge >= 0.3 is 0 Å². The van der Waals surface area contributed by atoms with Crippen molar-refractivity contribution >= 4 is 23.3 Å². The lowest BCUT2D eigenvalue weighted by atomic mass is 10.3. The summed E-state index contributed by atoms with van der Waals surface area (Å²) in [4.78, 5) is 11.3. The molecule has 1 aromatic carbocycles. The summed E-state index contributed by atoms with van der Waals surface area (Å²) in [6.07, 6.45) is 1.71. The zero-order valence-corrected chi connectivity index (χ0v) is 11.0. The van der Waals surface area contributed by atoms with Gasteiger partial charge in [-0.25, -0.2) is 14.4 Å². The molecular formula is C13H11FN4S. The number of para-hydroxylation sites is 1. The van der Waals surface area contributed by atoms with E-state index in [1.807, 2.05) is 23.6 Å². The van der Waals surface area contributed by atoms with E-state index in [1.54, 1.807) is 12.3 Å². The maximum atomic E-state index is 13.7. The number of aromatic nitrogens is 4. The third kappa shape index (κ3) is 2.15. The minimum Gasteiger partial charge on any atom is -0.328 e. The molecule has 19 heavy (non-hydrogen) atoms. The Morgan fingerprint density at radius 1 is 1.37 bits per heavy atom. The third-order valence-corrected chi connectivity index (χ3v) is 3.24. The molecule has 6 heteroatoms. The van der Waals surface area contributed by atoms with Gasteiger partial charge in [-0.3, -0.25) is 0 Å². The molecule has 0 aliphatic carbocycles. The molecule has 0 radical (unpaired) electrons. The van der Waals surface area contributed by atoms with Crippen molar-refractivity contribution in [2.45, 2.75) is 13.5 Å². The highest BCUT2D eigenvalue weighted by atomic mass is 32.1. The second-order valence-electron chi connectivity index (χ2n) is 4.25. The van der Waals surface area contributed by atoms with E-state index in [-0.39, 0.29) is 5.82 Å². The SMILES string of the molecule is Cc1nccc(Cn2c(=S)[nH]c3c(F)cccc32)n1. The number of rotatable bonds is 2. The van der Waals surface area contributed by atoms with Gasteiger partial charge in [-0.2, -0.15) is 0 Å². The lowest BCUT2D eigenvalue weighted by Gasteiger charge is -2.04. The van der Waals surface area contributed by atoms with Crippen molar-refractivity contribution in [1.29, 1.82) is 0 Å². The van der Waals surface area contributed by atoms with Crippen molar-refractivity contribution in [3.05, 3.63) is 52.6 Å². The van der Waals surface area contributed by atoms with Gasteiger partial charge in [0, 0.05) is 6.20 Å². The van der Waals surface area contributed by atoms with E-state index < -0.39 is 0 Å². The predicted octanol–water partition coefficient (Wildman–Crippen LogP) is 2.98. The van der Waals surface area contributed by atoms with Gasteiger partial charge in [-0.05, 0) is 37.3 Å². The quantitative estimate of drug-likeness (QED) is 0.731. The van der Waals surface area contributed by atoms with Crippen molar-refractivity contribution in [3.63, 3.8) is 0 Å². The molecule has 2 aromatic heterocycles. The Hall–Kier alpha value is -2.08. The molecule has 3 rings (SSSR count). The molecule has 0 amide bonds. The molecule has 0 spiro atoms. The molecule has 0 saturated heterocycles. The van der Waals surface area contributed by atoms with Gasteiger partial charge in [0.1, 0.15) is 17.2 Å². The maximum Gasteiger partial charge on any atom is 0.178 e. The third-order valence-electron chi connectivity index (χ3n) is 2.91. The van der Waals surface area contributed by atoms with E-state index in [0.29, 0.717) is 22.7 Å². The molecule has 1 N–H and O–H groups in total. The van der Waals surface area contributed by atoms with Gasteiger partial charge in [-0.1, -0.05) is 6.07 Å². The molecule has 96 valence electrons. The topological polar surface area (TPSA) is 46.5 Å². The Balaban J connectivity index is 2.13. The molecule has 3 aromatic rings. The Bertz CT molecular complexity index is 806. The van der Waals surface area contributed by atoms with Gasteiger partial charge in [-0.15, -0.1) is 0 Å². The summed E-state index contributed by atoms with van der Waals surface area (Å²) in [6.45, 7) is 2.32. The zero-order valence-electron chi connectivity index (χ0n) is 10.2. The van der Waals surface area contributed by atoms with Crippen molar-refractivity contribution < 1.29 is 4.39 Å². The number of hydrogen-bond donors (Lipinski definition) is 1. The number of benzene rings is 1. The number of aromatic amines is 1. The first-order valence-corrected chi connectivity index (χ1v) is 6.21. The molecule has 0 aliphatic heterocycles. The van der Waals surface area contributed by atoms with Crippen LogP contribution in [0, 0.1) is 17.5 Å². The van der Waals surface area contributed by atoms with Crippen LogP contribution in [0.1, 0.15) is 11.5 Å². The van der Waals surface area contributed by atoms with Crippen molar-refractivity contribution in [2.24, 2.45) is 0 Å². The Morgan fingerprint density at radius 3 is 3.00 bits per heavy atom. The van der Waals surface area contributed by atoms with E-state index in [2.05, 4.69) is 15.0 Å². The predicted molar refractivity (Wildman–Crippen MR) is 73.0 cm³/mol. The van der Waals surface area contributed by atoms with Crippen molar-refractivity contribution in [1.82, 2.24) is 19.5 Å². The summed E-state index contributed by atoms with van der Waals surface area (Å²) in [7, 11) is 0. The number of halogens is 1. The van der Waals surface area contributed by atoms with Gasteiger partial charge < -0.3 is 9.55 Å². The second-order valence-corrected chi connectivity index (χ2v) is 4.63. The highest BCUT2D eigenvalue weighted by molar-refractivity contribution is 7.71. The van der Waals surface area contributed by atoms with Gasteiger partial charge in [0.05, 0.1) is 17.8 Å². The van der Waals surface area contributed by atoms with E-state index in [9.17, 15) is 4.39 Å². The van der Waals surface area contributed by atoms with Crippen molar-refractivity contribution in [2.75, 3.05) is 0 Å². The largest absolute Gasteiger partial charge is 0.328 e. The minimum absolute atomic E-state index is 0.304. The number of H-pyrrole nitrogens is 1. The van der Waals surface area contributed by atoms with Crippen LogP contribution in [0.4, 0.5) is 4.39 Å². The molecular weight excluding hydrogens is 263 g/mol. The van der Waals surface area contributed by atoms with Gasteiger partial charge in [0.25, 0.3) is 0 Å². The Morgan fingerprint density at radius 2 is 2.21 bits per heavy atom. The first kappa shape index (κ1) is 12.0. The van der Waals surface area contributed by atoms with Crippen LogP contribution in [0.15, 0.2) is 30.5 Å². The molecule has 0 fully saturated rings. The molecule has 0 atom stereocenters. The first-order chi connectivity index (χ1) is 9.15. The second kappa shape index (κ2) is 4.55. The summed E-state index contributed by atoms with van der Waals surface area (Å²) in [5, 5.41) is 0. The monoisotopic (exact) mass is 274 g/mol. The van der Waals surface area contributed by atoms with Crippen LogP contribution in [0.2, 0.25) is 0 Å². The average Bonchev–Trinajstić information content (AvgIpc) is 2.69. The fourth-order valence-electron chi connectivity index (χ4n) is 2.06. The van der Waals surface area contributed by atoms with Crippen LogP contribution in [-0.4, -0.2) is 19.5 Å². The molecule has 4 nitrogen and oxygen atoms in total. The Kier molecular flexibility index (Phi) is 2.87. The van der Waals surface area contributed by atoms with Crippen LogP contribution in [0.3, 0.4) is 0 Å². The highest BCUT2D eigenvalue weighted by Gasteiger charge is 2.09. The van der Waals surface area contributed by atoms with Crippen molar-refractivity contribution in [3.8, 4) is 0 Å². The smallest absolute Gasteiger partial charge is 0.178 e. The standard InChI is InChI=1S/C13H11FN4S/c1-8-15-6-5-9(16-8)7-18-11-4-2-3-10(14)12(11)17-13(18)19/h2-6H,7H2,1H3,(H,17,19). The fourth-order valence-corrected chi connectivity index (χ4v) is 2.32. The average molecular weight is 274 g/mol. The van der Waals surface area contributed by atoms with Crippen LogP contribution < -0.4 is 0 Å². The van der Waals surface area contributed by atoms with E-state index in [0.717, 1.165) is 11.2 Å².